The molecule has 0 fully saturated rings. The summed E-state index contributed by atoms with van der Waals surface area (Å²) < 4.78 is 13.2. The topological polar surface area (TPSA) is 73.7 Å². The molecule has 1 N–H and O–H groups in total. The maximum Gasteiger partial charge on any atom is 0.258 e. The van der Waals surface area contributed by atoms with E-state index in [2.05, 4.69) is 4.98 Å². The number of rotatable bonds is 3. The Hall–Kier alpha value is -3.48. The molecular formula is C21H18FN3O3. The molecule has 2 heterocycles. The third kappa shape index (κ3) is 2.76. The highest BCUT2D eigenvalue weighted by molar-refractivity contribution is 6.15. The van der Waals surface area contributed by atoms with E-state index in [0.29, 0.717) is 16.5 Å². The van der Waals surface area contributed by atoms with Crippen LogP contribution in [0.25, 0.3) is 10.9 Å². The summed E-state index contributed by atoms with van der Waals surface area (Å²) in [5.74, 6) is -1.20. The second-order valence-electron chi connectivity index (χ2n) is 6.96. The van der Waals surface area contributed by atoms with Crippen LogP contribution in [-0.4, -0.2) is 45.8 Å². The molecule has 3 aromatic rings. The SMILES string of the molecule is CN(C)C(=O)c1c2c(c(O)c3ncccc13)C(=O)N(Cc1ccc(F)cc1)C2. The number of amides is 2. The predicted molar refractivity (Wildman–Crippen MR) is 101 cm³/mol. The molecule has 28 heavy (non-hydrogen) atoms. The van der Waals surface area contributed by atoms with Gasteiger partial charge in [0.1, 0.15) is 11.3 Å². The predicted octanol–water partition coefficient (Wildman–Crippen LogP) is 2.94. The van der Waals surface area contributed by atoms with Crippen LogP contribution in [0.4, 0.5) is 4.39 Å². The Balaban J connectivity index is 1.85. The average molecular weight is 379 g/mol. The maximum atomic E-state index is 13.2. The molecule has 0 radical (unpaired) electrons. The second-order valence-corrected chi connectivity index (χ2v) is 6.96. The van der Waals surface area contributed by atoms with Crippen molar-refractivity contribution in [2.24, 2.45) is 0 Å². The molecule has 0 unspecified atom stereocenters. The zero-order chi connectivity index (χ0) is 20.0. The Morgan fingerprint density at radius 1 is 1.25 bits per heavy atom. The van der Waals surface area contributed by atoms with Gasteiger partial charge in [0.2, 0.25) is 0 Å². The number of nitrogens with zero attached hydrogens (tertiary/aromatic N) is 3. The Morgan fingerprint density at radius 3 is 2.64 bits per heavy atom. The Labute approximate surface area is 160 Å². The molecule has 1 aliphatic rings. The van der Waals surface area contributed by atoms with Gasteiger partial charge in [-0.3, -0.25) is 14.6 Å². The number of pyridine rings is 1. The highest BCUT2D eigenvalue weighted by Gasteiger charge is 2.36. The van der Waals surface area contributed by atoms with E-state index >= 15 is 0 Å². The molecule has 7 heteroatoms. The number of aromatic hydroxyl groups is 1. The van der Waals surface area contributed by atoms with E-state index in [1.165, 1.54) is 28.1 Å². The molecule has 0 saturated carbocycles. The summed E-state index contributed by atoms with van der Waals surface area (Å²) in [5, 5.41) is 11.2. The highest BCUT2D eigenvalue weighted by atomic mass is 19.1. The zero-order valence-electron chi connectivity index (χ0n) is 15.4. The zero-order valence-corrected chi connectivity index (χ0v) is 15.4. The number of halogens is 1. The summed E-state index contributed by atoms with van der Waals surface area (Å²) in [6.07, 6.45) is 1.51. The van der Waals surface area contributed by atoms with E-state index < -0.39 is 0 Å². The van der Waals surface area contributed by atoms with Gasteiger partial charge in [-0.2, -0.15) is 0 Å². The highest BCUT2D eigenvalue weighted by Crippen LogP contribution is 2.40. The first-order valence-corrected chi connectivity index (χ1v) is 8.76. The smallest absolute Gasteiger partial charge is 0.258 e. The summed E-state index contributed by atoms with van der Waals surface area (Å²) in [5.41, 5.74) is 1.95. The van der Waals surface area contributed by atoms with Crippen molar-refractivity contribution < 1.29 is 19.1 Å². The van der Waals surface area contributed by atoms with Gasteiger partial charge >= 0.3 is 0 Å². The van der Waals surface area contributed by atoms with Crippen LogP contribution < -0.4 is 0 Å². The number of aromatic nitrogens is 1. The monoisotopic (exact) mass is 379 g/mol. The Kier molecular flexibility index (Phi) is 4.22. The van der Waals surface area contributed by atoms with Gasteiger partial charge in [-0.15, -0.1) is 0 Å². The number of hydrogen-bond acceptors (Lipinski definition) is 4. The number of carbonyl (C=O) groups excluding carboxylic acids is 2. The number of carbonyl (C=O) groups is 2. The van der Waals surface area contributed by atoms with Crippen LogP contribution in [-0.2, 0) is 13.1 Å². The normalized spacial score (nSPS) is 13.1. The van der Waals surface area contributed by atoms with Crippen LogP contribution in [0, 0.1) is 5.82 Å². The fourth-order valence-corrected chi connectivity index (χ4v) is 3.56. The van der Waals surface area contributed by atoms with E-state index in [4.69, 9.17) is 0 Å². The van der Waals surface area contributed by atoms with Crippen LogP contribution >= 0.6 is 0 Å². The average Bonchev–Trinajstić information content (AvgIpc) is 3.00. The molecule has 142 valence electrons. The summed E-state index contributed by atoms with van der Waals surface area (Å²) in [6.45, 7) is 0.422. The van der Waals surface area contributed by atoms with Crippen LogP contribution in [0.3, 0.4) is 0 Å². The summed E-state index contributed by atoms with van der Waals surface area (Å²) in [4.78, 5) is 33.0. The van der Waals surface area contributed by atoms with E-state index in [1.807, 2.05) is 0 Å². The lowest BCUT2D eigenvalue weighted by atomic mass is 9.96. The first-order chi connectivity index (χ1) is 13.4. The standard InChI is InChI=1S/C21H18FN3O3/c1-24(2)20(27)16-14-4-3-9-23-18(14)19(26)17-15(16)11-25(21(17)28)10-12-5-7-13(22)8-6-12/h3-9,26H,10-11H2,1-2H3. The molecule has 4 rings (SSSR count). The van der Waals surface area contributed by atoms with Crippen molar-refractivity contribution in [2.45, 2.75) is 13.1 Å². The van der Waals surface area contributed by atoms with Crippen molar-refractivity contribution in [1.29, 1.82) is 0 Å². The van der Waals surface area contributed by atoms with Crippen molar-refractivity contribution in [3.8, 4) is 5.75 Å². The lowest BCUT2D eigenvalue weighted by Gasteiger charge is -2.17. The quantitative estimate of drug-likeness (QED) is 0.759. The number of fused-ring (bicyclic) bond motifs is 2. The van der Waals surface area contributed by atoms with Gasteiger partial charge in [-0.1, -0.05) is 18.2 Å². The first-order valence-electron chi connectivity index (χ1n) is 8.76. The molecule has 0 aliphatic carbocycles. The molecule has 0 saturated heterocycles. The van der Waals surface area contributed by atoms with Crippen molar-refractivity contribution in [3.05, 3.63) is 70.7 Å². The third-order valence-corrected chi connectivity index (χ3v) is 4.90. The van der Waals surface area contributed by atoms with Crippen LogP contribution in [0.2, 0.25) is 0 Å². The lowest BCUT2D eigenvalue weighted by molar-refractivity contribution is 0.0761. The summed E-state index contributed by atoms with van der Waals surface area (Å²) in [7, 11) is 3.27. The molecule has 0 spiro atoms. The number of hydrogen-bond donors (Lipinski definition) is 1. The minimum atomic E-state index is -0.378. The summed E-state index contributed by atoms with van der Waals surface area (Å²) in [6, 6.07) is 9.28. The first kappa shape index (κ1) is 17.9. The van der Waals surface area contributed by atoms with Crippen molar-refractivity contribution >= 4 is 22.7 Å². The fraction of sp³-hybridized carbons (Fsp3) is 0.190. The Bertz CT molecular complexity index is 1110. The van der Waals surface area contributed by atoms with Gasteiger partial charge in [0.15, 0.2) is 5.75 Å². The lowest BCUT2D eigenvalue weighted by Crippen LogP contribution is -2.24. The van der Waals surface area contributed by atoms with Crippen molar-refractivity contribution in [2.75, 3.05) is 14.1 Å². The van der Waals surface area contributed by atoms with E-state index in [0.717, 1.165) is 5.56 Å². The second kappa shape index (κ2) is 6.60. The van der Waals surface area contributed by atoms with Crippen LogP contribution in [0.15, 0.2) is 42.6 Å². The molecular weight excluding hydrogens is 361 g/mol. The third-order valence-electron chi connectivity index (χ3n) is 4.90. The van der Waals surface area contributed by atoms with E-state index in [1.54, 1.807) is 38.4 Å². The molecule has 2 aromatic carbocycles. The molecule has 0 atom stereocenters. The van der Waals surface area contributed by atoms with Gasteiger partial charge in [0.05, 0.1) is 11.1 Å². The van der Waals surface area contributed by atoms with Gasteiger partial charge in [-0.25, -0.2) is 4.39 Å². The summed E-state index contributed by atoms with van der Waals surface area (Å²) >= 11 is 0. The van der Waals surface area contributed by atoms with E-state index in [-0.39, 0.29) is 47.6 Å². The molecule has 1 aromatic heterocycles. The Morgan fingerprint density at radius 2 is 1.96 bits per heavy atom. The molecule has 1 aliphatic heterocycles. The minimum Gasteiger partial charge on any atom is -0.505 e. The number of phenolic OH excluding ortho intramolecular Hbond substituents is 1. The van der Waals surface area contributed by atoms with Gasteiger partial charge in [0.25, 0.3) is 11.8 Å². The molecule has 0 bridgehead atoms. The van der Waals surface area contributed by atoms with Gasteiger partial charge < -0.3 is 14.9 Å². The largest absolute Gasteiger partial charge is 0.505 e. The van der Waals surface area contributed by atoms with Crippen molar-refractivity contribution in [3.63, 3.8) is 0 Å². The fourth-order valence-electron chi connectivity index (χ4n) is 3.56. The number of benzene rings is 2. The van der Waals surface area contributed by atoms with E-state index in [9.17, 15) is 19.1 Å². The molecule has 2 amide bonds. The van der Waals surface area contributed by atoms with Gasteiger partial charge in [-0.05, 0) is 23.8 Å². The minimum absolute atomic E-state index is 0.110. The van der Waals surface area contributed by atoms with Gasteiger partial charge in [0, 0.05) is 44.3 Å². The van der Waals surface area contributed by atoms with Crippen LogP contribution in [0.1, 0.15) is 31.8 Å². The number of phenols is 1. The molecule has 6 nitrogen and oxygen atoms in total. The van der Waals surface area contributed by atoms with Crippen LogP contribution in [0.5, 0.6) is 5.75 Å². The van der Waals surface area contributed by atoms with Crippen molar-refractivity contribution in [1.82, 2.24) is 14.8 Å². The maximum absolute atomic E-state index is 13.2.